The second kappa shape index (κ2) is 3.91. The lowest BCUT2D eigenvalue weighted by atomic mass is 10.3. The minimum atomic E-state index is 0.305. The molecular formula is C7H17N2O+. The maximum atomic E-state index is 8.64. The van der Waals surface area contributed by atoms with Crippen molar-refractivity contribution in [3.8, 4) is 0 Å². The van der Waals surface area contributed by atoms with Gasteiger partial charge in [-0.05, 0) is 0 Å². The SMILES string of the molecule is C[NH+]1CCN(CCO)CC1. The Morgan fingerprint density at radius 1 is 1.40 bits per heavy atom. The number of hydrogen-bond donors (Lipinski definition) is 2. The number of β-amino-alcohol motifs (C(OH)–C–C–N with tert-alkyl or cyclic N) is 1. The van der Waals surface area contributed by atoms with Crippen LogP contribution in [0, 0.1) is 0 Å². The van der Waals surface area contributed by atoms with Gasteiger partial charge in [-0.2, -0.15) is 0 Å². The molecule has 1 saturated heterocycles. The number of nitrogens with one attached hydrogen (secondary N) is 1. The molecule has 0 radical (unpaired) electrons. The van der Waals surface area contributed by atoms with Crippen LogP contribution < -0.4 is 4.90 Å². The highest BCUT2D eigenvalue weighted by atomic mass is 16.3. The fourth-order valence-corrected chi connectivity index (χ4v) is 1.30. The molecule has 0 aromatic carbocycles. The van der Waals surface area contributed by atoms with Gasteiger partial charge in [-0.1, -0.05) is 0 Å². The summed E-state index contributed by atoms with van der Waals surface area (Å²) < 4.78 is 0. The molecule has 0 atom stereocenters. The summed E-state index contributed by atoms with van der Waals surface area (Å²) in [5.41, 5.74) is 0. The van der Waals surface area contributed by atoms with Gasteiger partial charge < -0.3 is 10.0 Å². The first-order valence-corrected chi connectivity index (χ1v) is 3.97. The lowest BCUT2D eigenvalue weighted by Gasteiger charge is -2.29. The van der Waals surface area contributed by atoms with E-state index in [1.807, 2.05) is 0 Å². The molecule has 0 aromatic rings. The molecule has 0 saturated carbocycles. The smallest absolute Gasteiger partial charge is 0.0898 e. The predicted octanol–water partition coefficient (Wildman–Crippen LogP) is -2.19. The van der Waals surface area contributed by atoms with Gasteiger partial charge in [0.2, 0.25) is 0 Å². The summed E-state index contributed by atoms with van der Waals surface area (Å²) in [6.07, 6.45) is 0. The van der Waals surface area contributed by atoms with Crippen LogP contribution in [0.3, 0.4) is 0 Å². The lowest BCUT2D eigenvalue weighted by molar-refractivity contribution is -0.884. The first kappa shape index (κ1) is 7.98. The zero-order valence-electron chi connectivity index (χ0n) is 6.64. The van der Waals surface area contributed by atoms with Crippen molar-refractivity contribution in [2.45, 2.75) is 0 Å². The Balaban J connectivity index is 2.13. The molecule has 3 heteroatoms. The van der Waals surface area contributed by atoms with Gasteiger partial charge in [0.1, 0.15) is 0 Å². The molecule has 60 valence electrons. The zero-order chi connectivity index (χ0) is 7.40. The Kier molecular flexibility index (Phi) is 3.12. The number of quaternary nitrogens is 1. The summed E-state index contributed by atoms with van der Waals surface area (Å²) in [5.74, 6) is 0. The lowest BCUT2D eigenvalue weighted by Crippen LogP contribution is -3.12. The highest BCUT2D eigenvalue weighted by Crippen LogP contribution is 1.86. The third kappa shape index (κ3) is 2.25. The van der Waals surface area contributed by atoms with Crippen molar-refractivity contribution in [2.75, 3.05) is 46.4 Å². The Morgan fingerprint density at radius 2 is 2.00 bits per heavy atom. The fraction of sp³-hybridized carbons (Fsp3) is 1.00. The van der Waals surface area contributed by atoms with Crippen LogP contribution in [0.5, 0.6) is 0 Å². The van der Waals surface area contributed by atoms with E-state index in [4.69, 9.17) is 5.11 Å². The van der Waals surface area contributed by atoms with Crippen LogP contribution in [0.25, 0.3) is 0 Å². The molecule has 3 nitrogen and oxygen atoms in total. The highest BCUT2D eigenvalue weighted by Gasteiger charge is 2.14. The van der Waals surface area contributed by atoms with E-state index in [2.05, 4.69) is 11.9 Å². The molecule has 0 amide bonds. The molecule has 0 aliphatic carbocycles. The Hall–Kier alpha value is -0.120. The van der Waals surface area contributed by atoms with Crippen molar-refractivity contribution in [2.24, 2.45) is 0 Å². The van der Waals surface area contributed by atoms with Gasteiger partial charge in [0.25, 0.3) is 0 Å². The Labute approximate surface area is 62.2 Å². The minimum Gasteiger partial charge on any atom is -0.395 e. The van der Waals surface area contributed by atoms with Gasteiger partial charge in [0.05, 0.1) is 26.7 Å². The van der Waals surface area contributed by atoms with Gasteiger partial charge in [0.15, 0.2) is 0 Å². The molecule has 1 rings (SSSR count). The second-order valence-corrected chi connectivity index (χ2v) is 3.02. The molecule has 1 aliphatic heterocycles. The normalized spacial score (nSPS) is 23.4. The number of hydrogen-bond acceptors (Lipinski definition) is 2. The average Bonchev–Trinajstić information content (AvgIpc) is 1.95. The van der Waals surface area contributed by atoms with Crippen LogP contribution in [-0.4, -0.2) is 56.4 Å². The van der Waals surface area contributed by atoms with E-state index >= 15 is 0 Å². The molecule has 0 spiro atoms. The zero-order valence-corrected chi connectivity index (χ0v) is 6.64. The van der Waals surface area contributed by atoms with Crippen molar-refractivity contribution in [3.63, 3.8) is 0 Å². The molecule has 0 bridgehead atoms. The average molecular weight is 145 g/mol. The largest absolute Gasteiger partial charge is 0.395 e. The quantitative estimate of drug-likeness (QED) is 0.462. The Bertz CT molecular complexity index is 89.6. The maximum absolute atomic E-state index is 8.64. The number of rotatable bonds is 2. The standard InChI is InChI=1S/C7H16N2O/c1-8-2-4-9(5-3-8)6-7-10/h10H,2-7H2,1H3/p+1. The number of aliphatic hydroxyl groups excluding tert-OH is 1. The van der Waals surface area contributed by atoms with Gasteiger partial charge in [-0.25, -0.2) is 0 Å². The molecule has 1 fully saturated rings. The maximum Gasteiger partial charge on any atom is 0.0898 e. The van der Waals surface area contributed by atoms with Crippen molar-refractivity contribution >= 4 is 0 Å². The van der Waals surface area contributed by atoms with Crippen LogP contribution in [-0.2, 0) is 0 Å². The third-order valence-corrected chi connectivity index (χ3v) is 2.13. The van der Waals surface area contributed by atoms with Crippen LogP contribution in [0.15, 0.2) is 0 Å². The van der Waals surface area contributed by atoms with E-state index in [-0.39, 0.29) is 0 Å². The predicted molar refractivity (Wildman–Crippen MR) is 40.1 cm³/mol. The first-order valence-electron chi connectivity index (χ1n) is 3.97. The molecule has 0 unspecified atom stereocenters. The third-order valence-electron chi connectivity index (χ3n) is 2.13. The van der Waals surface area contributed by atoms with E-state index in [0.717, 1.165) is 19.6 Å². The molecular weight excluding hydrogens is 128 g/mol. The van der Waals surface area contributed by atoms with Crippen LogP contribution >= 0.6 is 0 Å². The molecule has 0 aromatic heterocycles. The second-order valence-electron chi connectivity index (χ2n) is 3.02. The van der Waals surface area contributed by atoms with E-state index < -0.39 is 0 Å². The molecule has 10 heavy (non-hydrogen) atoms. The fourth-order valence-electron chi connectivity index (χ4n) is 1.30. The number of piperazine rings is 1. The molecule has 2 N–H and O–H groups in total. The van der Waals surface area contributed by atoms with Crippen molar-refractivity contribution in [1.82, 2.24) is 4.90 Å². The summed E-state index contributed by atoms with van der Waals surface area (Å²) >= 11 is 0. The van der Waals surface area contributed by atoms with Gasteiger partial charge >= 0.3 is 0 Å². The molecule has 1 aliphatic rings. The van der Waals surface area contributed by atoms with Crippen molar-refractivity contribution < 1.29 is 10.0 Å². The number of nitrogens with zero attached hydrogens (tertiary/aromatic N) is 1. The summed E-state index contributed by atoms with van der Waals surface area (Å²) in [7, 11) is 2.22. The van der Waals surface area contributed by atoms with E-state index in [0.29, 0.717) is 6.61 Å². The van der Waals surface area contributed by atoms with E-state index in [1.54, 1.807) is 4.90 Å². The van der Waals surface area contributed by atoms with Crippen molar-refractivity contribution in [1.29, 1.82) is 0 Å². The summed E-state index contributed by atoms with van der Waals surface area (Å²) in [6.45, 7) is 5.89. The minimum absolute atomic E-state index is 0.305. The highest BCUT2D eigenvalue weighted by molar-refractivity contribution is 4.58. The van der Waals surface area contributed by atoms with Crippen LogP contribution in [0.4, 0.5) is 0 Å². The summed E-state index contributed by atoms with van der Waals surface area (Å²) in [4.78, 5) is 3.92. The summed E-state index contributed by atoms with van der Waals surface area (Å²) in [5, 5.41) is 8.64. The van der Waals surface area contributed by atoms with Crippen LogP contribution in [0.1, 0.15) is 0 Å². The van der Waals surface area contributed by atoms with E-state index in [9.17, 15) is 0 Å². The van der Waals surface area contributed by atoms with Gasteiger partial charge in [-0.3, -0.25) is 4.90 Å². The van der Waals surface area contributed by atoms with Gasteiger partial charge in [-0.15, -0.1) is 0 Å². The van der Waals surface area contributed by atoms with Crippen LogP contribution in [0.2, 0.25) is 0 Å². The Morgan fingerprint density at radius 3 is 2.50 bits per heavy atom. The first-order chi connectivity index (χ1) is 4.83. The van der Waals surface area contributed by atoms with Gasteiger partial charge in [0, 0.05) is 19.6 Å². The van der Waals surface area contributed by atoms with E-state index in [1.165, 1.54) is 13.1 Å². The van der Waals surface area contributed by atoms with Crippen molar-refractivity contribution in [3.05, 3.63) is 0 Å². The topological polar surface area (TPSA) is 27.9 Å². The number of likely N-dealkylation sites (N-methyl/N-ethyl adjacent to an activating group) is 1. The monoisotopic (exact) mass is 145 g/mol. The molecule has 1 heterocycles. The summed E-state index contributed by atoms with van der Waals surface area (Å²) in [6, 6.07) is 0. The number of aliphatic hydroxyl groups is 1.